The van der Waals surface area contributed by atoms with Crippen molar-refractivity contribution in [1.29, 1.82) is 0 Å². The molecule has 0 fully saturated rings. The molecule has 3 heteroatoms. The van der Waals surface area contributed by atoms with Crippen LogP contribution in [-0.4, -0.2) is 5.11 Å². The molecule has 0 saturated heterocycles. The maximum Gasteiger partial charge on any atom is 0.131 e. The second-order valence-corrected chi connectivity index (χ2v) is 3.97. The van der Waals surface area contributed by atoms with Crippen LogP contribution in [-0.2, 0) is 0 Å². The Morgan fingerprint density at radius 3 is 2.69 bits per heavy atom. The maximum atomic E-state index is 13.4. The third-order valence-electron chi connectivity index (χ3n) is 1.99. The summed E-state index contributed by atoms with van der Waals surface area (Å²) in [5.41, 5.74) is 0.922. The summed E-state index contributed by atoms with van der Waals surface area (Å²) in [4.78, 5) is 0. The van der Waals surface area contributed by atoms with Gasteiger partial charge in [0.15, 0.2) is 0 Å². The van der Waals surface area contributed by atoms with Gasteiger partial charge < -0.3 is 5.11 Å². The molecule has 1 aromatic rings. The molecule has 1 nitrogen and oxygen atoms in total. The molecule has 0 spiro atoms. The van der Waals surface area contributed by atoms with E-state index in [1.54, 1.807) is 19.1 Å². The molecule has 72 valence electrons. The summed E-state index contributed by atoms with van der Waals surface area (Å²) in [6, 6.07) is 3.32. The van der Waals surface area contributed by atoms with Crippen LogP contribution in [0.5, 0.6) is 0 Å². The van der Waals surface area contributed by atoms with Crippen LogP contribution in [0.25, 0.3) is 0 Å². The van der Waals surface area contributed by atoms with E-state index < -0.39 is 6.10 Å². The fraction of sp³-hybridized carbons (Fsp3) is 0.400. The fourth-order valence-electron chi connectivity index (χ4n) is 1.21. The van der Waals surface area contributed by atoms with Gasteiger partial charge in [-0.05, 0) is 31.0 Å². The van der Waals surface area contributed by atoms with Gasteiger partial charge in [0.05, 0.1) is 6.10 Å². The van der Waals surface area contributed by atoms with Crippen molar-refractivity contribution in [3.63, 3.8) is 0 Å². The Bertz CT molecular complexity index is 312. The number of aliphatic hydroxyl groups excluding tert-OH is 1. The van der Waals surface area contributed by atoms with E-state index in [2.05, 4.69) is 15.9 Å². The highest BCUT2D eigenvalue weighted by Crippen LogP contribution is 2.26. The number of hydrogen-bond donors (Lipinski definition) is 1. The molecular weight excluding hydrogens is 235 g/mol. The Hall–Kier alpha value is -0.410. The molecule has 0 radical (unpaired) electrons. The molecule has 1 atom stereocenters. The van der Waals surface area contributed by atoms with Crippen LogP contribution in [0.1, 0.15) is 30.6 Å². The number of aliphatic hydroxyl groups is 1. The summed E-state index contributed by atoms with van der Waals surface area (Å²) < 4.78 is 14.2. The Balaban J connectivity index is 3.20. The molecule has 1 aromatic carbocycles. The van der Waals surface area contributed by atoms with Gasteiger partial charge in [0.1, 0.15) is 5.82 Å². The molecule has 0 saturated carbocycles. The number of halogens is 2. The van der Waals surface area contributed by atoms with Crippen molar-refractivity contribution in [2.75, 3.05) is 0 Å². The predicted octanol–water partition coefficient (Wildman–Crippen LogP) is 3.34. The van der Waals surface area contributed by atoms with Gasteiger partial charge in [0.25, 0.3) is 0 Å². The lowest BCUT2D eigenvalue weighted by Crippen LogP contribution is -2.00. The Morgan fingerprint density at radius 2 is 2.15 bits per heavy atom. The average molecular weight is 247 g/mol. The Kier molecular flexibility index (Phi) is 3.45. The van der Waals surface area contributed by atoms with Crippen LogP contribution in [0.3, 0.4) is 0 Å². The lowest BCUT2D eigenvalue weighted by molar-refractivity contribution is 0.168. The highest BCUT2D eigenvalue weighted by atomic mass is 79.9. The Morgan fingerprint density at radius 1 is 1.54 bits per heavy atom. The lowest BCUT2D eigenvalue weighted by Gasteiger charge is -2.11. The summed E-state index contributed by atoms with van der Waals surface area (Å²) in [6.07, 6.45) is -0.191. The van der Waals surface area contributed by atoms with Crippen molar-refractivity contribution in [1.82, 2.24) is 0 Å². The van der Waals surface area contributed by atoms with E-state index in [0.29, 0.717) is 17.5 Å². The fourth-order valence-corrected chi connectivity index (χ4v) is 1.80. The minimum Gasteiger partial charge on any atom is -0.388 e. The quantitative estimate of drug-likeness (QED) is 0.849. The summed E-state index contributed by atoms with van der Waals surface area (Å²) in [5.74, 6) is -0.308. The van der Waals surface area contributed by atoms with Crippen LogP contribution in [0.15, 0.2) is 16.6 Å². The van der Waals surface area contributed by atoms with Crippen LogP contribution < -0.4 is 0 Å². The third kappa shape index (κ3) is 2.29. The largest absolute Gasteiger partial charge is 0.388 e. The number of benzene rings is 1. The van der Waals surface area contributed by atoms with Crippen molar-refractivity contribution in [3.05, 3.63) is 33.5 Å². The predicted molar refractivity (Wildman–Crippen MR) is 54.1 cm³/mol. The minimum atomic E-state index is -0.712. The van der Waals surface area contributed by atoms with Crippen LogP contribution in [0.4, 0.5) is 4.39 Å². The normalized spacial score (nSPS) is 13.0. The van der Waals surface area contributed by atoms with Crippen molar-refractivity contribution in [2.45, 2.75) is 26.4 Å². The van der Waals surface area contributed by atoms with Crippen molar-refractivity contribution in [2.24, 2.45) is 0 Å². The van der Waals surface area contributed by atoms with Gasteiger partial charge in [-0.2, -0.15) is 0 Å². The average Bonchev–Trinajstić information content (AvgIpc) is 2.10. The molecule has 0 aliphatic carbocycles. The summed E-state index contributed by atoms with van der Waals surface area (Å²) in [7, 11) is 0. The molecule has 0 aliphatic rings. The molecule has 0 heterocycles. The van der Waals surface area contributed by atoms with Gasteiger partial charge in [-0.1, -0.05) is 22.9 Å². The first-order valence-electron chi connectivity index (χ1n) is 4.19. The first kappa shape index (κ1) is 10.7. The standard InChI is InChI=1S/C10H12BrFO/c1-3-9(13)8-5-7(11)4-6(2)10(8)12/h4-5,9,13H,3H2,1-2H3. The zero-order chi connectivity index (χ0) is 10.0. The molecule has 0 amide bonds. The second kappa shape index (κ2) is 4.20. The van der Waals surface area contributed by atoms with E-state index >= 15 is 0 Å². The van der Waals surface area contributed by atoms with Crippen LogP contribution >= 0.6 is 15.9 Å². The molecule has 1 rings (SSSR count). The first-order valence-corrected chi connectivity index (χ1v) is 4.99. The number of aryl methyl sites for hydroxylation is 1. The maximum absolute atomic E-state index is 13.4. The molecular formula is C10H12BrFO. The minimum absolute atomic E-state index is 0.308. The second-order valence-electron chi connectivity index (χ2n) is 3.05. The van der Waals surface area contributed by atoms with Gasteiger partial charge in [-0.15, -0.1) is 0 Å². The van der Waals surface area contributed by atoms with Crippen LogP contribution in [0, 0.1) is 12.7 Å². The van der Waals surface area contributed by atoms with E-state index in [4.69, 9.17) is 0 Å². The van der Waals surface area contributed by atoms with Crippen molar-refractivity contribution >= 4 is 15.9 Å². The summed E-state index contributed by atoms with van der Waals surface area (Å²) in [6.45, 7) is 3.51. The SMILES string of the molecule is CCC(O)c1cc(Br)cc(C)c1F. The molecule has 1 unspecified atom stereocenters. The van der Waals surface area contributed by atoms with Gasteiger partial charge in [-0.3, -0.25) is 0 Å². The van der Waals surface area contributed by atoms with Gasteiger partial charge in [-0.25, -0.2) is 4.39 Å². The van der Waals surface area contributed by atoms with E-state index in [1.807, 2.05) is 6.92 Å². The van der Waals surface area contributed by atoms with E-state index in [9.17, 15) is 9.50 Å². The topological polar surface area (TPSA) is 20.2 Å². The van der Waals surface area contributed by atoms with E-state index in [1.165, 1.54) is 0 Å². The first-order chi connectivity index (χ1) is 6.06. The molecule has 1 N–H and O–H groups in total. The summed E-state index contributed by atoms with van der Waals surface area (Å²) >= 11 is 3.27. The van der Waals surface area contributed by atoms with E-state index in [-0.39, 0.29) is 5.82 Å². The molecule has 13 heavy (non-hydrogen) atoms. The molecule has 0 aromatic heterocycles. The van der Waals surface area contributed by atoms with Crippen molar-refractivity contribution in [3.8, 4) is 0 Å². The summed E-state index contributed by atoms with van der Waals surface area (Å²) in [5, 5.41) is 9.50. The monoisotopic (exact) mass is 246 g/mol. The number of rotatable bonds is 2. The highest BCUT2D eigenvalue weighted by molar-refractivity contribution is 9.10. The third-order valence-corrected chi connectivity index (χ3v) is 2.45. The zero-order valence-corrected chi connectivity index (χ0v) is 9.23. The van der Waals surface area contributed by atoms with Crippen molar-refractivity contribution < 1.29 is 9.50 Å². The smallest absolute Gasteiger partial charge is 0.131 e. The van der Waals surface area contributed by atoms with Gasteiger partial charge >= 0.3 is 0 Å². The lowest BCUT2D eigenvalue weighted by atomic mass is 10.0. The Labute approximate surface area is 85.7 Å². The van der Waals surface area contributed by atoms with Crippen LogP contribution in [0.2, 0.25) is 0 Å². The van der Waals surface area contributed by atoms with Gasteiger partial charge in [0.2, 0.25) is 0 Å². The molecule has 0 bridgehead atoms. The van der Waals surface area contributed by atoms with Gasteiger partial charge in [0, 0.05) is 10.0 Å². The number of hydrogen-bond acceptors (Lipinski definition) is 1. The zero-order valence-electron chi connectivity index (χ0n) is 7.64. The highest BCUT2D eigenvalue weighted by Gasteiger charge is 2.13. The van der Waals surface area contributed by atoms with E-state index in [0.717, 1.165) is 4.47 Å². The molecule has 0 aliphatic heterocycles.